The van der Waals surface area contributed by atoms with E-state index in [-0.39, 0.29) is 19.1 Å². The molecular formula is C24H28N2O6. The van der Waals surface area contributed by atoms with Gasteiger partial charge in [0.05, 0.1) is 6.54 Å². The molecule has 170 valence electrons. The molecule has 0 saturated carbocycles. The molecule has 0 aliphatic heterocycles. The quantitative estimate of drug-likeness (QED) is 0.524. The SMILES string of the molecule is CCCC(NC(=O)C(CNC(=O)OCC1c2ccccc2-c2ccccc21)OC)C(=O)O. The molecule has 0 saturated heterocycles. The van der Waals surface area contributed by atoms with Crippen molar-refractivity contribution in [2.75, 3.05) is 20.3 Å². The van der Waals surface area contributed by atoms with Gasteiger partial charge in [-0.1, -0.05) is 61.9 Å². The summed E-state index contributed by atoms with van der Waals surface area (Å²) in [5.41, 5.74) is 4.47. The minimum absolute atomic E-state index is 0.0694. The van der Waals surface area contributed by atoms with Gasteiger partial charge in [-0.2, -0.15) is 0 Å². The molecule has 2 aromatic carbocycles. The zero-order valence-corrected chi connectivity index (χ0v) is 18.2. The predicted octanol–water partition coefficient (Wildman–Crippen LogP) is 2.91. The number of carboxylic acids is 1. The molecule has 3 N–H and O–H groups in total. The van der Waals surface area contributed by atoms with Gasteiger partial charge in [-0.25, -0.2) is 9.59 Å². The average Bonchev–Trinajstić information content (AvgIpc) is 3.11. The molecule has 2 unspecified atom stereocenters. The summed E-state index contributed by atoms with van der Waals surface area (Å²) in [6.07, 6.45) is -0.802. The molecule has 0 radical (unpaired) electrons. The molecule has 0 aromatic heterocycles. The van der Waals surface area contributed by atoms with Crippen molar-refractivity contribution in [2.45, 2.75) is 37.8 Å². The topological polar surface area (TPSA) is 114 Å². The van der Waals surface area contributed by atoms with Crippen molar-refractivity contribution in [2.24, 2.45) is 0 Å². The number of nitrogens with one attached hydrogen (secondary N) is 2. The molecule has 2 aromatic rings. The third kappa shape index (κ3) is 5.26. The Labute approximate surface area is 186 Å². The molecule has 1 aliphatic rings. The van der Waals surface area contributed by atoms with Gasteiger partial charge in [0.15, 0.2) is 6.10 Å². The average molecular weight is 440 g/mol. The second-order valence-electron chi connectivity index (χ2n) is 7.62. The number of carbonyl (C=O) groups excluding carboxylic acids is 2. The van der Waals surface area contributed by atoms with Crippen molar-refractivity contribution in [1.82, 2.24) is 10.6 Å². The third-order valence-corrected chi connectivity index (χ3v) is 5.54. The number of fused-ring (bicyclic) bond motifs is 3. The van der Waals surface area contributed by atoms with Crippen molar-refractivity contribution in [3.63, 3.8) is 0 Å². The van der Waals surface area contributed by atoms with Gasteiger partial charge in [0.25, 0.3) is 5.91 Å². The predicted molar refractivity (Wildman–Crippen MR) is 118 cm³/mol. The lowest BCUT2D eigenvalue weighted by Gasteiger charge is -2.20. The van der Waals surface area contributed by atoms with E-state index in [0.29, 0.717) is 12.8 Å². The number of methoxy groups -OCH3 is 1. The van der Waals surface area contributed by atoms with Crippen molar-refractivity contribution in [3.8, 4) is 11.1 Å². The Hall–Kier alpha value is -3.39. The Morgan fingerprint density at radius 2 is 1.62 bits per heavy atom. The van der Waals surface area contributed by atoms with E-state index < -0.39 is 30.1 Å². The second kappa shape index (κ2) is 10.8. The Morgan fingerprint density at radius 1 is 1.03 bits per heavy atom. The summed E-state index contributed by atoms with van der Waals surface area (Å²) in [6.45, 7) is 1.84. The number of benzene rings is 2. The van der Waals surface area contributed by atoms with Crippen LogP contribution in [0.1, 0.15) is 36.8 Å². The lowest BCUT2D eigenvalue weighted by Crippen LogP contribution is -2.49. The largest absolute Gasteiger partial charge is 0.480 e. The highest BCUT2D eigenvalue weighted by molar-refractivity contribution is 5.86. The molecule has 3 rings (SSSR count). The molecule has 8 nitrogen and oxygen atoms in total. The van der Waals surface area contributed by atoms with E-state index in [0.717, 1.165) is 22.3 Å². The molecule has 0 bridgehead atoms. The minimum atomic E-state index is -1.11. The summed E-state index contributed by atoms with van der Waals surface area (Å²) in [5, 5.41) is 14.2. The maximum Gasteiger partial charge on any atom is 0.407 e. The van der Waals surface area contributed by atoms with E-state index in [9.17, 15) is 19.5 Å². The van der Waals surface area contributed by atoms with E-state index in [1.165, 1.54) is 7.11 Å². The number of rotatable bonds is 10. The monoisotopic (exact) mass is 440 g/mol. The summed E-state index contributed by atoms with van der Waals surface area (Å²) in [6, 6.07) is 15.1. The second-order valence-corrected chi connectivity index (χ2v) is 7.62. The Bertz CT molecular complexity index is 931. The van der Waals surface area contributed by atoms with Crippen LogP contribution < -0.4 is 10.6 Å². The van der Waals surface area contributed by atoms with Gasteiger partial charge in [-0.3, -0.25) is 4.79 Å². The van der Waals surface area contributed by atoms with Crippen LogP contribution in [0.25, 0.3) is 11.1 Å². The first-order valence-corrected chi connectivity index (χ1v) is 10.6. The lowest BCUT2D eigenvalue weighted by atomic mass is 9.98. The molecule has 1 aliphatic carbocycles. The fourth-order valence-corrected chi connectivity index (χ4v) is 3.92. The Kier molecular flexibility index (Phi) is 7.83. The van der Waals surface area contributed by atoms with Crippen LogP contribution in [-0.4, -0.2) is 55.5 Å². The van der Waals surface area contributed by atoms with Gasteiger partial charge < -0.3 is 25.2 Å². The van der Waals surface area contributed by atoms with Crippen LogP contribution in [0.5, 0.6) is 0 Å². The fourth-order valence-electron chi connectivity index (χ4n) is 3.92. The summed E-state index contributed by atoms with van der Waals surface area (Å²) in [5.74, 6) is -1.79. The molecule has 32 heavy (non-hydrogen) atoms. The number of hydrogen-bond acceptors (Lipinski definition) is 5. The maximum absolute atomic E-state index is 12.3. The third-order valence-electron chi connectivity index (χ3n) is 5.54. The van der Waals surface area contributed by atoms with Crippen LogP contribution in [0.2, 0.25) is 0 Å². The standard InChI is InChI=1S/C24H28N2O6/c1-3-8-20(23(28)29)26-22(27)21(31-2)13-25-24(30)32-14-19-17-11-6-4-9-15(17)16-10-5-7-12-18(16)19/h4-7,9-12,19-21H,3,8,13-14H2,1-2H3,(H,25,30)(H,26,27)(H,28,29). The van der Waals surface area contributed by atoms with E-state index in [1.54, 1.807) is 0 Å². The molecule has 8 heteroatoms. The number of carbonyl (C=O) groups is 3. The summed E-state index contributed by atoms with van der Waals surface area (Å²) < 4.78 is 10.6. The summed E-state index contributed by atoms with van der Waals surface area (Å²) in [4.78, 5) is 35.9. The number of ether oxygens (including phenoxy) is 2. The van der Waals surface area contributed by atoms with Crippen LogP contribution in [0.15, 0.2) is 48.5 Å². The van der Waals surface area contributed by atoms with Crippen LogP contribution in [0.3, 0.4) is 0 Å². The Balaban J connectivity index is 1.55. The lowest BCUT2D eigenvalue weighted by molar-refractivity contribution is -0.144. The minimum Gasteiger partial charge on any atom is -0.480 e. The van der Waals surface area contributed by atoms with Crippen molar-refractivity contribution >= 4 is 18.0 Å². The van der Waals surface area contributed by atoms with Gasteiger partial charge in [-0.15, -0.1) is 0 Å². The number of carboxylic acid groups (broad SMARTS) is 1. The number of hydrogen-bond donors (Lipinski definition) is 3. The highest BCUT2D eigenvalue weighted by Crippen LogP contribution is 2.44. The van der Waals surface area contributed by atoms with E-state index in [1.807, 2.05) is 43.3 Å². The van der Waals surface area contributed by atoms with Crippen LogP contribution in [-0.2, 0) is 19.1 Å². The first-order chi connectivity index (χ1) is 15.5. The first kappa shape index (κ1) is 23.3. The van der Waals surface area contributed by atoms with Crippen LogP contribution >= 0.6 is 0 Å². The van der Waals surface area contributed by atoms with E-state index >= 15 is 0 Å². The number of amides is 2. The molecule has 2 amide bonds. The van der Waals surface area contributed by atoms with Crippen molar-refractivity contribution in [1.29, 1.82) is 0 Å². The fraction of sp³-hybridized carbons (Fsp3) is 0.375. The van der Waals surface area contributed by atoms with Crippen molar-refractivity contribution < 1.29 is 29.0 Å². The highest BCUT2D eigenvalue weighted by atomic mass is 16.5. The Morgan fingerprint density at radius 3 is 2.16 bits per heavy atom. The highest BCUT2D eigenvalue weighted by Gasteiger charge is 2.29. The van der Waals surface area contributed by atoms with E-state index in [2.05, 4.69) is 22.8 Å². The zero-order valence-electron chi connectivity index (χ0n) is 18.2. The van der Waals surface area contributed by atoms with Gasteiger partial charge in [-0.05, 0) is 28.7 Å². The number of alkyl carbamates (subject to hydrolysis) is 1. The van der Waals surface area contributed by atoms with Gasteiger partial charge in [0, 0.05) is 13.0 Å². The maximum atomic E-state index is 12.3. The molecule has 0 heterocycles. The normalized spacial score (nSPS) is 14.1. The van der Waals surface area contributed by atoms with Gasteiger partial charge in [0.2, 0.25) is 0 Å². The number of aliphatic carboxylic acids is 1. The molecule has 0 spiro atoms. The summed E-state index contributed by atoms with van der Waals surface area (Å²) >= 11 is 0. The zero-order chi connectivity index (χ0) is 23.1. The van der Waals surface area contributed by atoms with Gasteiger partial charge >= 0.3 is 12.1 Å². The summed E-state index contributed by atoms with van der Waals surface area (Å²) in [7, 11) is 1.32. The van der Waals surface area contributed by atoms with Crippen molar-refractivity contribution in [3.05, 3.63) is 59.7 Å². The van der Waals surface area contributed by atoms with E-state index in [4.69, 9.17) is 9.47 Å². The molecule has 2 atom stereocenters. The van der Waals surface area contributed by atoms with Crippen LogP contribution in [0, 0.1) is 0 Å². The molecule has 0 fully saturated rings. The van der Waals surface area contributed by atoms with Crippen LogP contribution in [0.4, 0.5) is 4.79 Å². The van der Waals surface area contributed by atoms with Gasteiger partial charge in [0.1, 0.15) is 12.6 Å². The molecular weight excluding hydrogens is 412 g/mol. The first-order valence-electron chi connectivity index (χ1n) is 10.6. The smallest absolute Gasteiger partial charge is 0.407 e.